The topological polar surface area (TPSA) is 240 Å². The Bertz CT molecular complexity index is 3350. The van der Waals surface area contributed by atoms with Gasteiger partial charge in [0.15, 0.2) is 5.69 Å². The number of carbonyl (C=O) groups excluding carboxylic acids is 5. The van der Waals surface area contributed by atoms with E-state index in [-0.39, 0.29) is 74.0 Å². The van der Waals surface area contributed by atoms with E-state index in [0.717, 1.165) is 80.3 Å². The molecule has 21 heteroatoms. The zero-order valence-electron chi connectivity index (χ0n) is 48.9. The molecule has 0 aliphatic carbocycles. The van der Waals surface area contributed by atoms with Crippen LogP contribution in [0.25, 0.3) is 21.6 Å². The number of aryl methyl sites for hydroxylation is 4. The summed E-state index contributed by atoms with van der Waals surface area (Å²) in [5.74, 6) is -1.76. The first-order chi connectivity index (χ1) is 39.7. The van der Waals surface area contributed by atoms with Gasteiger partial charge in [-0.1, -0.05) is 74.5 Å². The molecule has 3 aliphatic heterocycles. The SMILES string of the molecule is CCN(c1cc(-c2ccc(CN3CCN(C(=O)c4cn(CCC(=O)N[C@H](C(=O)N5C[C@H](O)C[C@H]5C(=O)NCc5ccc(-c6scnc6C)cc5)C(C)(C)C)nn4)CC3)cc2)cc(C(=O)NCc2c(C)cc(C)[nH]c2=O)c1C)C1CCOCC1. The van der Waals surface area contributed by atoms with Crippen LogP contribution in [0.15, 0.2) is 83.2 Å². The number of piperazine rings is 1. The second-order valence-corrected chi connectivity index (χ2v) is 24.1. The average Bonchev–Trinajstić information content (AvgIpc) is 4.36. The second-order valence-electron chi connectivity index (χ2n) is 23.2. The van der Waals surface area contributed by atoms with E-state index in [2.05, 4.69) is 83.3 Å². The summed E-state index contributed by atoms with van der Waals surface area (Å²) in [4.78, 5) is 98.0. The number of H-pyrrole nitrogens is 1. The Morgan fingerprint density at radius 2 is 1.58 bits per heavy atom. The van der Waals surface area contributed by atoms with Gasteiger partial charge in [0, 0.05) is 114 Å². The molecule has 5 amide bonds. The molecule has 3 fully saturated rings. The minimum Gasteiger partial charge on any atom is -0.391 e. The van der Waals surface area contributed by atoms with Gasteiger partial charge in [0.2, 0.25) is 17.7 Å². The van der Waals surface area contributed by atoms with E-state index >= 15 is 0 Å². The predicted octanol–water partition coefficient (Wildman–Crippen LogP) is 6.08. The van der Waals surface area contributed by atoms with E-state index < -0.39 is 35.4 Å². The Balaban J connectivity index is 0.765. The Morgan fingerprint density at radius 1 is 0.880 bits per heavy atom. The van der Waals surface area contributed by atoms with Gasteiger partial charge < -0.3 is 45.5 Å². The van der Waals surface area contributed by atoms with Crippen LogP contribution in [-0.4, -0.2) is 151 Å². The summed E-state index contributed by atoms with van der Waals surface area (Å²) in [6.45, 7) is 20.8. The predicted molar refractivity (Wildman–Crippen MR) is 319 cm³/mol. The number of ether oxygens (including phenoxy) is 1. The third-order valence-corrected chi connectivity index (χ3v) is 17.2. The number of hydrogen-bond acceptors (Lipinski definition) is 14. The molecule has 0 unspecified atom stereocenters. The number of anilines is 1. The zero-order chi connectivity index (χ0) is 59.1. The van der Waals surface area contributed by atoms with Gasteiger partial charge in [-0.3, -0.25) is 38.3 Å². The van der Waals surface area contributed by atoms with Gasteiger partial charge in [-0.25, -0.2) is 4.98 Å². The molecule has 3 saturated heterocycles. The molecule has 3 atom stereocenters. The molecule has 440 valence electrons. The third kappa shape index (κ3) is 14.4. The highest BCUT2D eigenvalue weighted by Crippen LogP contribution is 2.35. The lowest BCUT2D eigenvalue weighted by Crippen LogP contribution is -2.57. The quantitative estimate of drug-likeness (QED) is 0.0619. The molecule has 20 nitrogen and oxygen atoms in total. The van der Waals surface area contributed by atoms with Gasteiger partial charge in [-0.05, 0) is 110 Å². The maximum absolute atomic E-state index is 14.2. The summed E-state index contributed by atoms with van der Waals surface area (Å²) in [6, 6.07) is 20.7. The number of aliphatic hydroxyl groups is 1. The van der Waals surface area contributed by atoms with Crippen LogP contribution in [0.1, 0.15) is 113 Å². The maximum atomic E-state index is 14.2. The number of aliphatic hydroxyl groups excluding tert-OH is 1. The standard InChI is InChI=1S/C62H78N12O8S/c1-9-73(47-19-26-82-27-20-47)52-30-46(29-49(40(52)4)57(77)64-33-50-38(2)28-39(3)66-58(50)78)44-14-12-43(13-15-44)34-70-22-24-71(25-23-70)60(80)51-36-72(69-68-51)21-18-54(76)67-56(62(6,7)8)61(81)74-35-48(75)31-53(74)59(79)63-32-42-10-16-45(17-11-42)55-41(5)65-37-83-55/h10-17,28-30,36-37,47-48,53,56,75H,9,18-27,31-35H2,1-8H3,(H,63,79)(H,64,77)(H,66,78)(H,67,76)/t48-,53+,56-/m1/s1. The van der Waals surface area contributed by atoms with Crippen molar-refractivity contribution < 1.29 is 33.8 Å². The van der Waals surface area contributed by atoms with Crippen molar-refractivity contribution >= 4 is 46.6 Å². The van der Waals surface area contributed by atoms with E-state index in [9.17, 15) is 33.9 Å². The van der Waals surface area contributed by atoms with Crippen LogP contribution in [0.5, 0.6) is 0 Å². The highest BCUT2D eigenvalue weighted by Gasteiger charge is 2.44. The molecule has 3 aliphatic rings. The number of aromatic amines is 1. The highest BCUT2D eigenvalue weighted by molar-refractivity contribution is 7.13. The molecule has 0 saturated carbocycles. The van der Waals surface area contributed by atoms with Crippen molar-refractivity contribution in [2.45, 2.75) is 131 Å². The fourth-order valence-electron chi connectivity index (χ4n) is 11.5. The molecule has 5 N–H and O–H groups in total. The van der Waals surface area contributed by atoms with Crippen LogP contribution in [0.3, 0.4) is 0 Å². The lowest BCUT2D eigenvalue weighted by molar-refractivity contribution is -0.144. The van der Waals surface area contributed by atoms with E-state index in [0.29, 0.717) is 57.1 Å². The maximum Gasteiger partial charge on any atom is 0.276 e. The van der Waals surface area contributed by atoms with Crippen molar-refractivity contribution in [3.05, 3.63) is 139 Å². The van der Waals surface area contributed by atoms with Crippen LogP contribution < -0.4 is 26.4 Å². The molecule has 6 aromatic rings. The number of β-amino-alcohol motifs (C(OH)–C–C–N with tert-alkyl or cyclic N) is 1. The number of benzene rings is 3. The van der Waals surface area contributed by atoms with Gasteiger partial charge in [0.1, 0.15) is 12.1 Å². The van der Waals surface area contributed by atoms with Crippen molar-refractivity contribution in [3.8, 4) is 21.6 Å². The van der Waals surface area contributed by atoms with Crippen molar-refractivity contribution in [2.75, 3.05) is 57.4 Å². The average molecular weight is 1150 g/mol. The first kappa shape index (κ1) is 60.0. The highest BCUT2D eigenvalue weighted by atomic mass is 32.1. The van der Waals surface area contributed by atoms with Gasteiger partial charge in [0.25, 0.3) is 17.4 Å². The molecule has 6 heterocycles. The van der Waals surface area contributed by atoms with Crippen LogP contribution in [0, 0.1) is 33.1 Å². The van der Waals surface area contributed by atoms with Gasteiger partial charge in [-0.15, -0.1) is 16.4 Å². The number of hydrogen-bond donors (Lipinski definition) is 5. The number of nitrogens with zero attached hydrogens (tertiary/aromatic N) is 8. The molecule has 3 aromatic carbocycles. The molecular formula is C62H78N12O8S. The normalized spacial score (nSPS) is 17.3. The second kappa shape index (κ2) is 26.3. The number of pyridine rings is 1. The molecule has 83 heavy (non-hydrogen) atoms. The number of carbonyl (C=O) groups is 5. The number of thiazole rings is 1. The fourth-order valence-corrected chi connectivity index (χ4v) is 12.3. The minimum absolute atomic E-state index is 0.0400. The molecule has 0 bridgehead atoms. The summed E-state index contributed by atoms with van der Waals surface area (Å²) in [6.07, 6.45) is 2.45. The third-order valence-electron chi connectivity index (χ3n) is 16.2. The van der Waals surface area contributed by atoms with Gasteiger partial charge in [0.05, 0.1) is 34.9 Å². The molecular weight excluding hydrogens is 1070 g/mol. The largest absolute Gasteiger partial charge is 0.391 e. The number of amides is 5. The summed E-state index contributed by atoms with van der Waals surface area (Å²) in [5.41, 5.74) is 11.5. The fraction of sp³-hybridized carbons (Fsp3) is 0.468. The van der Waals surface area contributed by atoms with Crippen LogP contribution in [0.4, 0.5) is 5.69 Å². The Morgan fingerprint density at radius 3 is 2.24 bits per heavy atom. The summed E-state index contributed by atoms with van der Waals surface area (Å²) >= 11 is 1.57. The Hall–Kier alpha value is -7.59. The van der Waals surface area contributed by atoms with Crippen molar-refractivity contribution in [3.63, 3.8) is 0 Å². The molecule has 3 aromatic heterocycles. The number of likely N-dealkylation sites (tertiary alicyclic amines) is 1. The lowest BCUT2D eigenvalue weighted by atomic mass is 9.85. The number of aromatic nitrogens is 5. The minimum atomic E-state index is -0.998. The Kier molecular flexibility index (Phi) is 19.0. The van der Waals surface area contributed by atoms with Gasteiger partial charge in [-0.2, -0.15) is 0 Å². The summed E-state index contributed by atoms with van der Waals surface area (Å²) in [7, 11) is 0. The van der Waals surface area contributed by atoms with E-state index in [4.69, 9.17) is 4.74 Å². The van der Waals surface area contributed by atoms with E-state index in [1.165, 1.54) is 15.8 Å². The lowest BCUT2D eigenvalue weighted by Gasteiger charge is -2.37. The molecule has 9 rings (SSSR count). The first-order valence-corrected chi connectivity index (χ1v) is 29.6. The monoisotopic (exact) mass is 1150 g/mol. The van der Waals surface area contributed by atoms with Crippen molar-refractivity contribution in [2.24, 2.45) is 5.41 Å². The zero-order valence-corrected chi connectivity index (χ0v) is 49.7. The number of rotatable bonds is 19. The summed E-state index contributed by atoms with van der Waals surface area (Å²) < 4.78 is 7.16. The Labute approximate surface area is 489 Å². The van der Waals surface area contributed by atoms with Crippen LogP contribution >= 0.6 is 11.3 Å². The summed E-state index contributed by atoms with van der Waals surface area (Å²) in [5, 5.41) is 27.9. The smallest absolute Gasteiger partial charge is 0.276 e. The van der Waals surface area contributed by atoms with Crippen molar-refractivity contribution in [1.82, 2.24) is 55.6 Å². The first-order valence-electron chi connectivity index (χ1n) is 28.8. The van der Waals surface area contributed by atoms with Gasteiger partial charge >= 0.3 is 0 Å². The molecule has 0 radical (unpaired) electrons. The van der Waals surface area contributed by atoms with Crippen LogP contribution in [-0.2, 0) is 45.3 Å². The van der Waals surface area contributed by atoms with E-state index in [1.807, 2.05) is 90.4 Å². The van der Waals surface area contributed by atoms with E-state index in [1.54, 1.807) is 16.2 Å². The van der Waals surface area contributed by atoms with Crippen LogP contribution in [0.2, 0.25) is 0 Å². The molecule has 0 spiro atoms. The number of nitrogens with one attached hydrogen (secondary N) is 4. The van der Waals surface area contributed by atoms with Crippen molar-refractivity contribution in [1.29, 1.82) is 0 Å².